The van der Waals surface area contributed by atoms with Crippen LogP contribution in [0.4, 0.5) is 0 Å². The number of thioether (sulfide) groups is 2. The zero-order valence-corrected chi connectivity index (χ0v) is 13.5. The summed E-state index contributed by atoms with van der Waals surface area (Å²) in [5, 5.41) is 11.7. The molecule has 0 saturated heterocycles. The van der Waals surface area contributed by atoms with Crippen LogP contribution in [0.15, 0.2) is 21.4 Å². The average molecular weight is 330 g/mol. The summed E-state index contributed by atoms with van der Waals surface area (Å²) < 4.78 is 1.61. The quantitative estimate of drug-likeness (QED) is 0.648. The summed E-state index contributed by atoms with van der Waals surface area (Å²) in [6.07, 6.45) is 1.97. The van der Waals surface area contributed by atoms with Crippen molar-refractivity contribution in [2.75, 3.05) is 17.8 Å². The molecule has 0 amide bonds. The highest BCUT2D eigenvalue weighted by atomic mass is 32.2. The zero-order valence-electron chi connectivity index (χ0n) is 11.0. The second-order valence-corrected chi connectivity index (χ2v) is 6.94. The van der Waals surface area contributed by atoms with Gasteiger partial charge < -0.3 is 5.11 Å². The van der Waals surface area contributed by atoms with Crippen LogP contribution in [0.3, 0.4) is 0 Å². The van der Waals surface area contributed by atoms with Gasteiger partial charge in [0.1, 0.15) is 4.83 Å². The molecule has 1 unspecified atom stereocenters. The molecule has 0 aliphatic rings. The second kappa shape index (κ2) is 6.64. The molecule has 0 saturated carbocycles. The summed E-state index contributed by atoms with van der Waals surface area (Å²) in [7, 11) is 0. The molecule has 0 aromatic carbocycles. The third-order valence-electron chi connectivity index (χ3n) is 2.67. The maximum Gasteiger partial charge on any atom is 0.313 e. The van der Waals surface area contributed by atoms with Crippen molar-refractivity contribution in [3.8, 4) is 0 Å². The summed E-state index contributed by atoms with van der Waals surface area (Å²) >= 11 is 4.13. The molecular formula is C12H14N2O3S3. The van der Waals surface area contributed by atoms with E-state index < -0.39 is 5.97 Å². The van der Waals surface area contributed by atoms with Gasteiger partial charge in [0.25, 0.3) is 5.56 Å². The minimum atomic E-state index is -0.917. The Morgan fingerprint density at radius 1 is 1.60 bits per heavy atom. The Balaban J connectivity index is 2.53. The number of carbonyl (C=O) groups is 1. The Morgan fingerprint density at radius 3 is 3.00 bits per heavy atom. The van der Waals surface area contributed by atoms with Gasteiger partial charge in [-0.2, -0.15) is 11.8 Å². The van der Waals surface area contributed by atoms with Gasteiger partial charge in [-0.3, -0.25) is 14.2 Å². The SMILES string of the molecule is CSCC(C)n1c(SCC(=O)O)nc2sccc2c1=O. The van der Waals surface area contributed by atoms with E-state index in [1.807, 2.05) is 18.6 Å². The fraction of sp³-hybridized carbons (Fsp3) is 0.417. The van der Waals surface area contributed by atoms with Crippen molar-refractivity contribution in [1.29, 1.82) is 0 Å². The van der Waals surface area contributed by atoms with Crippen molar-refractivity contribution in [2.45, 2.75) is 18.1 Å². The first-order valence-electron chi connectivity index (χ1n) is 5.88. The molecule has 8 heteroatoms. The fourth-order valence-electron chi connectivity index (χ4n) is 1.84. The molecule has 0 aliphatic carbocycles. The molecular weight excluding hydrogens is 316 g/mol. The normalized spacial score (nSPS) is 12.7. The highest BCUT2D eigenvalue weighted by molar-refractivity contribution is 7.99. The number of aliphatic carboxylic acids is 1. The first kappa shape index (κ1) is 15.4. The molecule has 108 valence electrons. The maximum atomic E-state index is 12.5. The number of hydrogen-bond donors (Lipinski definition) is 1. The smallest absolute Gasteiger partial charge is 0.313 e. The highest BCUT2D eigenvalue weighted by Crippen LogP contribution is 2.24. The van der Waals surface area contributed by atoms with E-state index in [0.29, 0.717) is 15.4 Å². The lowest BCUT2D eigenvalue weighted by molar-refractivity contribution is -0.133. The van der Waals surface area contributed by atoms with Crippen LogP contribution >= 0.6 is 34.9 Å². The van der Waals surface area contributed by atoms with Gasteiger partial charge in [-0.25, -0.2) is 4.98 Å². The molecule has 2 rings (SSSR count). The molecule has 1 atom stereocenters. The fourth-order valence-corrected chi connectivity index (χ4v) is 4.09. The Labute approximate surface area is 128 Å². The molecule has 0 aliphatic heterocycles. The lowest BCUT2D eigenvalue weighted by atomic mass is 10.3. The van der Waals surface area contributed by atoms with Crippen LogP contribution < -0.4 is 5.56 Å². The third kappa shape index (κ3) is 3.18. The molecule has 0 bridgehead atoms. The summed E-state index contributed by atoms with van der Waals surface area (Å²) in [5.41, 5.74) is -0.0920. The largest absolute Gasteiger partial charge is 0.481 e. The molecule has 5 nitrogen and oxygen atoms in total. The van der Waals surface area contributed by atoms with Gasteiger partial charge in [-0.1, -0.05) is 11.8 Å². The number of carboxylic acids is 1. The molecule has 2 aromatic rings. The second-order valence-electron chi connectivity index (χ2n) is 4.20. The lowest BCUT2D eigenvalue weighted by Gasteiger charge is -2.17. The van der Waals surface area contributed by atoms with Crippen LogP contribution in [0, 0.1) is 0 Å². The molecule has 0 fully saturated rings. The highest BCUT2D eigenvalue weighted by Gasteiger charge is 2.17. The molecule has 2 aromatic heterocycles. The molecule has 20 heavy (non-hydrogen) atoms. The zero-order chi connectivity index (χ0) is 14.7. The minimum absolute atomic E-state index is 0.0226. The topological polar surface area (TPSA) is 72.2 Å². The Hall–Kier alpha value is -0.990. The van der Waals surface area contributed by atoms with Gasteiger partial charge in [0.15, 0.2) is 5.16 Å². The van der Waals surface area contributed by atoms with Crippen LogP contribution in [-0.4, -0.2) is 38.4 Å². The summed E-state index contributed by atoms with van der Waals surface area (Å²) in [6, 6.07) is 1.74. The van der Waals surface area contributed by atoms with E-state index in [1.54, 1.807) is 22.4 Å². The number of aromatic nitrogens is 2. The van der Waals surface area contributed by atoms with E-state index in [4.69, 9.17) is 5.11 Å². The van der Waals surface area contributed by atoms with Crippen LogP contribution in [0.5, 0.6) is 0 Å². The van der Waals surface area contributed by atoms with E-state index in [0.717, 1.165) is 17.5 Å². The summed E-state index contributed by atoms with van der Waals surface area (Å²) in [6.45, 7) is 1.95. The monoisotopic (exact) mass is 330 g/mol. The Morgan fingerprint density at radius 2 is 2.35 bits per heavy atom. The molecule has 0 spiro atoms. The van der Waals surface area contributed by atoms with Crippen molar-refractivity contribution < 1.29 is 9.90 Å². The number of hydrogen-bond acceptors (Lipinski definition) is 6. The number of carboxylic acid groups (broad SMARTS) is 1. The Kier molecular flexibility index (Phi) is 5.11. The summed E-state index contributed by atoms with van der Waals surface area (Å²) in [5.74, 6) is -0.243. The van der Waals surface area contributed by atoms with Gasteiger partial charge in [0, 0.05) is 11.8 Å². The van der Waals surface area contributed by atoms with E-state index in [2.05, 4.69) is 4.98 Å². The van der Waals surface area contributed by atoms with Crippen LogP contribution in [0.2, 0.25) is 0 Å². The molecule has 0 radical (unpaired) electrons. The first-order chi connectivity index (χ1) is 9.54. The van der Waals surface area contributed by atoms with Crippen molar-refractivity contribution in [1.82, 2.24) is 9.55 Å². The molecule has 1 N–H and O–H groups in total. The van der Waals surface area contributed by atoms with Crippen molar-refractivity contribution >= 4 is 51.0 Å². The Bertz CT molecular complexity index is 680. The van der Waals surface area contributed by atoms with Crippen LogP contribution in [0.1, 0.15) is 13.0 Å². The number of rotatable bonds is 6. The van der Waals surface area contributed by atoms with Crippen molar-refractivity contribution in [3.05, 3.63) is 21.8 Å². The minimum Gasteiger partial charge on any atom is -0.481 e. The number of fused-ring (bicyclic) bond motifs is 1. The van der Waals surface area contributed by atoms with Gasteiger partial charge in [-0.15, -0.1) is 11.3 Å². The van der Waals surface area contributed by atoms with Crippen LogP contribution in [-0.2, 0) is 4.79 Å². The van der Waals surface area contributed by atoms with E-state index >= 15 is 0 Å². The standard InChI is InChI=1S/C12H14N2O3S3/c1-7(5-18-2)14-11(17)8-3-4-19-10(8)13-12(14)20-6-9(15)16/h3-4,7H,5-6H2,1-2H3,(H,15,16). The lowest BCUT2D eigenvalue weighted by Crippen LogP contribution is -2.27. The average Bonchev–Trinajstić information content (AvgIpc) is 2.85. The van der Waals surface area contributed by atoms with E-state index in [9.17, 15) is 9.59 Å². The predicted octanol–water partition coefficient (Wildman–Crippen LogP) is 2.56. The predicted molar refractivity (Wildman–Crippen MR) is 85.3 cm³/mol. The maximum absolute atomic E-state index is 12.5. The van der Waals surface area contributed by atoms with Crippen molar-refractivity contribution in [2.24, 2.45) is 0 Å². The van der Waals surface area contributed by atoms with E-state index in [1.165, 1.54) is 11.3 Å². The van der Waals surface area contributed by atoms with Gasteiger partial charge >= 0.3 is 5.97 Å². The van der Waals surface area contributed by atoms with E-state index in [-0.39, 0.29) is 17.4 Å². The third-order valence-corrected chi connectivity index (χ3v) is 5.23. The van der Waals surface area contributed by atoms with Crippen LogP contribution in [0.25, 0.3) is 10.2 Å². The van der Waals surface area contributed by atoms with Gasteiger partial charge in [0.2, 0.25) is 0 Å². The molecule has 2 heterocycles. The summed E-state index contributed by atoms with van der Waals surface area (Å²) in [4.78, 5) is 28.4. The number of nitrogens with zero attached hydrogens (tertiary/aromatic N) is 2. The first-order valence-corrected chi connectivity index (χ1v) is 9.13. The number of thiophene rings is 1. The van der Waals surface area contributed by atoms with Crippen molar-refractivity contribution in [3.63, 3.8) is 0 Å². The van der Waals surface area contributed by atoms with Gasteiger partial charge in [0.05, 0.1) is 11.1 Å². The van der Waals surface area contributed by atoms with Gasteiger partial charge in [-0.05, 0) is 24.6 Å².